The van der Waals surface area contributed by atoms with Crippen molar-refractivity contribution in [1.29, 1.82) is 5.26 Å². The zero-order chi connectivity index (χ0) is 28.0. The average molecular weight is 580 g/mol. The van der Waals surface area contributed by atoms with Crippen molar-refractivity contribution in [3.63, 3.8) is 0 Å². The second-order valence-electron chi connectivity index (χ2n) is 10.6. The van der Waals surface area contributed by atoms with Crippen molar-refractivity contribution in [2.24, 2.45) is 0 Å². The van der Waals surface area contributed by atoms with Crippen molar-refractivity contribution in [3.8, 4) is 11.9 Å². The van der Waals surface area contributed by atoms with Crippen LogP contribution in [0.15, 0.2) is 42.9 Å². The molecule has 0 aromatic carbocycles. The van der Waals surface area contributed by atoms with Crippen molar-refractivity contribution in [3.05, 3.63) is 65.4 Å². The molecule has 1 saturated carbocycles. The van der Waals surface area contributed by atoms with Crippen LogP contribution >= 0.6 is 12.4 Å². The molecule has 10 nitrogen and oxygen atoms in total. The Morgan fingerprint density at radius 2 is 1.93 bits per heavy atom. The van der Waals surface area contributed by atoms with Crippen LogP contribution < -0.4 is 5.32 Å². The van der Waals surface area contributed by atoms with E-state index in [1.165, 1.54) is 0 Å². The molecule has 3 aromatic rings. The largest absolute Gasteiger partial charge is 0.385 e. The second kappa shape index (κ2) is 14.0. The number of aromatic nitrogens is 4. The number of rotatable bonds is 9. The smallest absolute Gasteiger partial charge is 0.259 e. The highest BCUT2D eigenvalue weighted by molar-refractivity contribution is 6.04. The number of nitrogens with one attached hydrogen (secondary N) is 1. The lowest BCUT2D eigenvalue weighted by molar-refractivity contribution is 0.00493. The Morgan fingerprint density at radius 3 is 2.56 bits per heavy atom. The molecule has 41 heavy (non-hydrogen) atoms. The van der Waals surface area contributed by atoms with E-state index < -0.39 is 5.41 Å². The van der Waals surface area contributed by atoms with Gasteiger partial charge in [-0.25, -0.2) is 9.67 Å². The third-order valence-electron chi connectivity index (χ3n) is 8.19. The number of pyridine rings is 2. The lowest BCUT2D eigenvalue weighted by Crippen LogP contribution is -2.47. The van der Waals surface area contributed by atoms with Crippen LogP contribution in [0.2, 0.25) is 0 Å². The number of anilines is 1. The van der Waals surface area contributed by atoms with Gasteiger partial charge in [-0.2, -0.15) is 10.4 Å². The Labute approximate surface area is 247 Å². The summed E-state index contributed by atoms with van der Waals surface area (Å²) in [5.74, 6) is 0.388. The number of morpholine rings is 1. The van der Waals surface area contributed by atoms with E-state index in [0.717, 1.165) is 76.1 Å². The minimum Gasteiger partial charge on any atom is -0.385 e. The van der Waals surface area contributed by atoms with E-state index >= 15 is 0 Å². The van der Waals surface area contributed by atoms with Crippen LogP contribution in [0.5, 0.6) is 0 Å². The van der Waals surface area contributed by atoms with Crippen LogP contribution in [-0.4, -0.2) is 76.6 Å². The highest BCUT2D eigenvalue weighted by atomic mass is 35.5. The highest BCUT2D eigenvalue weighted by Crippen LogP contribution is 2.40. The number of amides is 1. The zero-order valence-corrected chi connectivity index (χ0v) is 24.5. The summed E-state index contributed by atoms with van der Waals surface area (Å²) in [7, 11) is 1.70. The van der Waals surface area contributed by atoms with Crippen LogP contribution in [0.25, 0.3) is 5.82 Å². The topological polar surface area (TPSA) is 118 Å². The van der Waals surface area contributed by atoms with Crippen LogP contribution in [-0.2, 0) is 21.3 Å². The van der Waals surface area contributed by atoms with E-state index in [0.29, 0.717) is 35.4 Å². The molecule has 4 heterocycles. The van der Waals surface area contributed by atoms with Gasteiger partial charge in [0.1, 0.15) is 0 Å². The number of hydrogen-bond acceptors (Lipinski definition) is 8. The monoisotopic (exact) mass is 579 g/mol. The minimum absolute atomic E-state index is 0. The maximum atomic E-state index is 13.1. The van der Waals surface area contributed by atoms with E-state index in [9.17, 15) is 10.1 Å². The summed E-state index contributed by atoms with van der Waals surface area (Å²) < 4.78 is 12.3. The Hall–Kier alpha value is -3.36. The van der Waals surface area contributed by atoms with E-state index in [4.69, 9.17) is 9.47 Å². The molecule has 0 bridgehead atoms. The molecule has 1 amide bonds. The normalized spacial score (nSPS) is 21.0. The number of methoxy groups -OCH3 is 1. The summed E-state index contributed by atoms with van der Waals surface area (Å²) in [6, 6.07) is 10.7. The fourth-order valence-corrected chi connectivity index (χ4v) is 5.75. The van der Waals surface area contributed by atoms with Gasteiger partial charge >= 0.3 is 0 Å². The first-order valence-corrected chi connectivity index (χ1v) is 14.0. The van der Waals surface area contributed by atoms with Gasteiger partial charge in [0.15, 0.2) is 5.82 Å². The van der Waals surface area contributed by atoms with Crippen LogP contribution in [0, 0.1) is 18.3 Å². The number of nitrogens with zero attached hydrogens (tertiary/aromatic N) is 6. The SMILES string of the molecule is COCCCc1ccc(-n2ncc(C(=O)Nc3ccc(C4(C#N)CCC(N5CCOCC5)CC4)nc3)c2C)nc1.Cl. The number of carbonyl (C=O) groups is 1. The summed E-state index contributed by atoms with van der Waals surface area (Å²) in [6.45, 7) is 6.07. The van der Waals surface area contributed by atoms with E-state index in [1.807, 2.05) is 37.4 Å². The van der Waals surface area contributed by atoms with Gasteiger partial charge in [-0.3, -0.25) is 14.7 Å². The van der Waals surface area contributed by atoms with Crippen LogP contribution in [0.1, 0.15) is 59.4 Å². The molecular formula is C30H38ClN7O3. The summed E-state index contributed by atoms with van der Waals surface area (Å²) >= 11 is 0. The molecule has 2 fully saturated rings. The van der Waals surface area contributed by atoms with Gasteiger partial charge < -0.3 is 14.8 Å². The van der Waals surface area contributed by atoms with E-state index in [1.54, 1.807) is 24.2 Å². The van der Waals surface area contributed by atoms with Gasteiger partial charge in [0.2, 0.25) is 0 Å². The Morgan fingerprint density at radius 1 is 1.15 bits per heavy atom. The molecule has 1 N–H and O–H groups in total. The summed E-state index contributed by atoms with van der Waals surface area (Å²) in [6.07, 6.45) is 10.4. The van der Waals surface area contributed by atoms with Crippen molar-refractivity contribution >= 4 is 24.0 Å². The molecule has 0 spiro atoms. The van der Waals surface area contributed by atoms with Gasteiger partial charge in [-0.15, -0.1) is 12.4 Å². The summed E-state index contributed by atoms with van der Waals surface area (Å²) in [4.78, 5) is 24.7. The quantitative estimate of drug-likeness (QED) is 0.374. The minimum atomic E-state index is -0.588. The predicted molar refractivity (Wildman–Crippen MR) is 158 cm³/mol. The van der Waals surface area contributed by atoms with Gasteiger partial charge in [-0.05, 0) is 69.2 Å². The lowest BCUT2D eigenvalue weighted by atomic mass is 9.71. The van der Waals surface area contributed by atoms with Gasteiger partial charge in [-0.1, -0.05) is 6.07 Å². The molecule has 0 radical (unpaired) electrons. The van der Waals surface area contributed by atoms with E-state index in [-0.39, 0.29) is 18.3 Å². The molecular weight excluding hydrogens is 542 g/mol. The molecule has 0 unspecified atom stereocenters. The van der Waals surface area contributed by atoms with Crippen molar-refractivity contribution in [2.45, 2.75) is 56.9 Å². The Balaban J connectivity index is 0.00000387. The molecule has 0 atom stereocenters. The fourth-order valence-electron chi connectivity index (χ4n) is 5.75. The third-order valence-corrected chi connectivity index (χ3v) is 8.19. The van der Waals surface area contributed by atoms with Gasteiger partial charge in [0.25, 0.3) is 5.91 Å². The predicted octanol–water partition coefficient (Wildman–Crippen LogP) is 4.26. The number of aryl methyl sites for hydroxylation is 1. The maximum Gasteiger partial charge on any atom is 0.259 e. The summed E-state index contributed by atoms with van der Waals surface area (Å²) in [5.41, 5.74) is 3.05. The second-order valence-corrected chi connectivity index (χ2v) is 10.6. The van der Waals surface area contributed by atoms with Crippen molar-refractivity contribution in [1.82, 2.24) is 24.6 Å². The number of halogens is 1. The Bertz CT molecular complexity index is 1320. The van der Waals surface area contributed by atoms with Gasteiger partial charge in [0.05, 0.1) is 59.7 Å². The molecule has 1 aliphatic carbocycles. The van der Waals surface area contributed by atoms with Crippen molar-refractivity contribution < 1.29 is 14.3 Å². The highest BCUT2D eigenvalue weighted by Gasteiger charge is 2.40. The Kier molecular flexibility index (Phi) is 10.5. The molecule has 11 heteroatoms. The molecule has 5 rings (SSSR count). The molecule has 1 saturated heterocycles. The molecule has 218 valence electrons. The number of hydrogen-bond donors (Lipinski definition) is 1. The third kappa shape index (κ3) is 6.93. The maximum absolute atomic E-state index is 13.1. The molecule has 2 aliphatic rings. The number of nitriles is 1. The van der Waals surface area contributed by atoms with Gasteiger partial charge in [0, 0.05) is 39.0 Å². The number of ether oxygens (including phenoxy) is 2. The van der Waals surface area contributed by atoms with Crippen LogP contribution in [0.4, 0.5) is 5.69 Å². The van der Waals surface area contributed by atoms with E-state index in [2.05, 4.69) is 31.4 Å². The lowest BCUT2D eigenvalue weighted by Gasteiger charge is -2.41. The molecule has 1 aliphatic heterocycles. The van der Waals surface area contributed by atoms with Crippen molar-refractivity contribution in [2.75, 3.05) is 45.3 Å². The standard InChI is InChI=1S/C30H37N7O3.ClH/c1-22-26(20-34-37(22)28-8-5-23(18-33-28)4-3-15-39-2)29(38)35-24-6-7-27(32-19-24)30(21-31)11-9-25(10-12-30)36-13-16-40-17-14-36;/h5-8,18-20,25H,3-4,9-17H2,1-2H3,(H,35,38);1H. The first-order valence-electron chi connectivity index (χ1n) is 14.0. The molecule has 3 aromatic heterocycles. The zero-order valence-electron chi connectivity index (χ0n) is 23.7. The summed E-state index contributed by atoms with van der Waals surface area (Å²) in [5, 5.41) is 17.5. The number of carbonyl (C=O) groups excluding carboxylic acids is 1. The first-order chi connectivity index (χ1) is 19.5. The first kappa shape index (κ1) is 30.6. The van der Waals surface area contributed by atoms with Crippen LogP contribution in [0.3, 0.4) is 0 Å². The average Bonchev–Trinajstić information content (AvgIpc) is 3.39. The fraction of sp³-hybridized carbons (Fsp3) is 0.500.